The van der Waals surface area contributed by atoms with Crippen LogP contribution in [0, 0.1) is 13.8 Å². The highest BCUT2D eigenvalue weighted by molar-refractivity contribution is 8.00. The van der Waals surface area contributed by atoms with Crippen LogP contribution in [0.5, 0.6) is 0 Å². The number of carbonyl (C=O) groups is 2. The van der Waals surface area contributed by atoms with Crippen molar-refractivity contribution in [2.45, 2.75) is 25.6 Å². The van der Waals surface area contributed by atoms with E-state index >= 15 is 0 Å². The van der Waals surface area contributed by atoms with Crippen molar-refractivity contribution in [3.8, 4) is 0 Å². The Hall–Kier alpha value is -3.05. The van der Waals surface area contributed by atoms with Crippen LogP contribution in [0.2, 0.25) is 0 Å². The van der Waals surface area contributed by atoms with Gasteiger partial charge in [-0.25, -0.2) is 0 Å². The standard InChI is InChI=1S/C26H26N2O2S/c1-18-7-6-10-23(19(18)2)27-25(30)21-11-13-22(14-12-21)26-28(24(29)17-31-26)16-15-20-8-4-3-5-9-20/h3-14,26H,15-17H2,1-2H3,(H,27,30)/t26-/m0/s1. The normalized spacial score (nSPS) is 15.9. The van der Waals surface area contributed by atoms with E-state index in [9.17, 15) is 9.59 Å². The Labute approximate surface area is 187 Å². The molecule has 0 aliphatic carbocycles. The minimum Gasteiger partial charge on any atom is -0.326 e. The number of hydrogen-bond acceptors (Lipinski definition) is 3. The zero-order valence-corrected chi connectivity index (χ0v) is 18.6. The SMILES string of the molecule is Cc1cccc(NC(=O)c2ccc([C@@H]3SCC(=O)N3CCc3ccccc3)cc2)c1C. The van der Waals surface area contributed by atoms with E-state index in [4.69, 9.17) is 0 Å². The maximum Gasteiger partial charge on any atom is 0.255 e. The summed E-state index contributed by atoms with van der Waals surface area (Å²) in [5, 5.41) is 2.99. The van der Waals surface area contributed by atoms with Crippen molar-refractivity contribution in [3.05, 3.63) is 101 Å². The van der Waals surface area contributed by atoms with Crippen molar-refractivity contribution in [1.29, 1.82) is 0 Å². The lowest BCUT2D eigenvalue weighted by atomic mass is 10.1. The highest BCUT2D eigenvalue weighted by atomic mass is 32.2. The van der Waals surface area contributed by atoms with Crippen molar-refractivity contribution < 1.29 is 9.59 Å². The van der Waals surface area contributed by atoms with Gasteiger partial charge in [0.25, 0.3) is 5.91 Å². The van der Waals surface area contributed by atoms with E-state index in [-0.39, 0.29) is 17.2 Å². The van der Waals surface area contributed by atoms with Gasteiger partial charge >= 0.3 is 0 Å². The molecular formula is C26H26N2O2S. The van der Waals surface area contributed by atoms with Crippen molar-refractivity contribution in [3.63, 3.8) is 0 Å². The highest BCUT2D eigenvalue weighted by Crippen LogP contribution is 2.38. The van der Waals surface area contributed by atoms with Crippen LogP contribution in [-0.4, -0.2) is 29.0 Å². The summed E-state index contributed by atoms with van der Waals surface area (Å²) >= 11 is 1.64. The molecule has 1 fully saturated rings. The molecule has 4 rings (SSSR count). The largest absolute Gasteiger partial charge is 0.326 e. The number of benzene rings is 3. The third-order valence-electron chi connectivity index (χ3n) is 5.76. The van der Waals surface area contributed by atoms with Crippen LogP contribution in [0.1, 0.15) is 38.0 Å². The number of rotatable bonds is 6. The summed E-state index contributed by atoms with van der Waals surface area (Å²) in [6, 6.07) is 23.7. The van der Waals surface area contributed by atoms with Gasteiger partial charge in [0.05, 0.1) is 5.75 Å². The summed E-state index contributed by atoms with van der Waals surface area (Å²) < 4.78 is 0. The Morgan fingerprint density at radius 1 is 1.00 bits per heavy atom. The van der Waals surface area contributed by atoms with Crippen LogP contribution in [0.4, 0.5) is 5.69 Å². The first-order valence-electron chi connectivity index (χ1n) is 10.5. The Balaban J connectivity index is 1.44. The van der Waals surface area contributed by atoms with E-state index in [0.29, 0.717) is 17.9 Å². The first-order chi connectivity index (χ1) is 15.0. The maximum absolute atomic E-state index is 12.7. The maximum atomic E-state index is 12.7. The van der Waals surface area contributed by atoms with Crippen molar-refractivity contribution >= 4 is 29.3 Å². The summed E-state index contributed by atoms with van der Waals surface area (Å²) in [7, 11) is 0. The Kier molecular flexibility index (Phi) is 6.42. The smallest absolute Gasteiger partial charge is 0.255 e. The predicted molar refractivity (Wildman–Crippen MR) is 127 cm³/mol. The molecule has 1 atom stereocenters. The lowest BCUT2D eigenvalue weighted by Gasteiger charge is -2.24. The fourth-order valence-corrected chi connectivity index (χ4v) is 4.97. The van der Waals surface area contributed by atoms with Gasteiger partial charge in [-0.2, -0.15) is 0 Å². The molecule has 3 aromatic rings. The summed E-state index contributed by atoms with van der Waals surface area (Å²) in [4.78, 5) is 27.1. The van der Waals surface area contributed by atoms with E-state index < -0.39 is 0 Å². The minimum absolute atomic E-state index is 0.00709. The van der Waals surface area contributed by atoms with Crippen molar-refractivity contribution in [2.75, 3.05) is 17.6 Å². The van der Waals surface area contributed by atoms with E-state index in [1.807, 2.05) is 79.4 Å². The monoisotopic (exact) mass is 430 g/mol. The van der Waals surface area contributed by atoms with Gasteiger partial charge in [-0.05, 0) is 60.7 Å². The molecule has 0 bridgehead atoms. The van der Waals surface area contributed by atoms with Crippen LogP contribution < -0.4 is 5.32 Å². The van der Waals surface area contributed by atoms with E-state index in [1.165, 1.54) is 5.56 Å². The van der Waals surface area contributed by atoms with Gasteiger partial charge in [0.2, 0.25) is 5.91 Å². The van der Waals surface area contributed by atoms with E-state index in [2.05, 4.69) is 17.4 Å². The predicted octanol–water partition coefficient (Wildman–Crippen LogP) is 5.37. The molecule has 1 saturated heterocycles. The first kappa shape index (κ1) is 21.2. The molecule has 0 spiro atoms. The van der Waals surface area contributed by atoms with Gasteiger partial charge in [0.15, 0.2) is 0 Å². The lowest BCUT2D eigenvalue weighted by Crippen LogP contribution is -2.30. The van der Waals surface area contributed by atoms with Crippen LogP contribution in [0.15, 0.2) is 72.8 Å². The molecule has 1 N–H and O–H groups in total. The molecule has 158 valence electrons. The topological polar surface area (TPSA) is 49.4 Å². The van der Waals surface area contributed by atoms with Crippen molar-refractivity contribution in [1.82, 2.24) is 4.90 Å². The van der Waals surface area contributed by atoms with Crippen LogP contribution >= 0.6 is 11.8 Å². The van der Waals surface area contributed by atoms with Crippen LogP contribution in [-0.2, 0) is 11.2 Å². The summed E-state index contributed by atoms with van der Waals surface area (Å²) in [6.45, 7) is 4.73. The van der Waals surface area contributed by atoms with Gasteiger partial charge in [-0.15, -0.1) is 11.8 Å². The number of aryl methyl sites for hydroxylation is 1. The average molecular weight is 431 g/mol. The molecule has 5 heteroatoms. The Morgan fingerprint density at radius 3 is 2.48 bits per heavy atom. The second-order valence-electron chi connectivity index (χ2n) is 7.81. The Morgan fingerprint density at radius 2 is 1.74 bits per heavy atom. The Bertz CT molecular complexity index is 1080. The average Bonchev–Trinajstić information content (AvgIpc) is 3.16. The molecule has 1 aliphatic heterocycles. The molecule has 0 unspecified atom stereocenters. The molecule has 3 aromatic carbocycles. The fraction of sp³-hybridized carbons (Fsp3) is 0.231. The van der Waals surface area contributed by atoms with Crippen LogP contribution in [0.3, 0.4) is 0 Å². The number of nitrogens with zero attached hydrogens (tertiary/aromatic N) is 1. The number of carbonyl (C=O) groups excluding carboxylic acids is 2. The molecular weight excluding hydrogens is 404 g/mol. The third kappa shape index (κ3) is 4.83. The number of thioether (sulfide) groups is 1. The van der Waals surface area contributed by atoms with Gasteiger partial charge in [0.1, 0.15) is 5.37 Å². The second-order valence-corrected chi connectivity index (χ2v) is 8.88. The molecule has 0 radical (unpaired) electrons. The van der Waals surface area contributed by atoms with E-state index in [0.717, 1.165) is 28.8 Å². The van der Waals surface area contributed by atoms with Gasteiger partial charge in [-0.1, -0.05) is 54.6 Å². The molecule has 1 heterocycles. The lowest BCUT2D eigenvalue weighted by molar-refractivity contribution is -0.128. The molecule has 2 amide bonds. The zero-order valence-electron chi connectivity index (χ0n) is 17.8. The minimum atomic E-state index is -0.128. The van der Waals surface area contributed by atoms with Crippen LogP contribution in [0.25, 0.3) is 0 Å². The zero-order chi connectivity index (χ0) is 21.8. The highest BCUT2D eigenvalue weighted by Gasteiger charge is 2.32. The van der Waals surface area contributed by atoms with E-state index in [1.54, 1.807) is 11.8 Å². The van der Waals surface area contributed by atoms with Gasteiger partial charge < -0.3 is 10.2 Å². The molecule has 0 aromatic heterocycles. The third-order valence-corrected chi connectivity index (χ3v) is 7.02. The number of hydrogen-bond donors (Lipinski definition) is 1. The number of amides is 2. The molecule has 0 saturated carbocycles. The van der Waals surface area contributed by atoms with Crippen molar-refractivity contribution in [2.24, 2.45) is 0 Å². The summed E-state index contributed by atoms with van der Waals surface area (Å²) in [6.07, 6.45) is 0.833. The molecule has 4 nitrogen and oxygen atoms in total. The van der Waals surface area contributed by atoms with Gasteiger partial charge in [0, 0.05) is 17.8 Å². The summed E-state index contributed by atoms with van der Waals surface area (Å²) in [5.41, 5.74) is 5.93. The molecule has 31 heavy (non-hydrogen) atoms. The number of anilines is 1. The molecule has 1 aliphatic rings. The quantitative estimate of drug-likeness (QED) is 0.572. The second kappa shape index (κ2) is 9.40. The fourth-order valence-electron chi connectivity index (χ4n) is 3.75. The first-order valence-corrected chi connectivity index (χ1v) is 11.5. The number of nitrogens with one attached hydrogen (secondary N) is 1. The summed E-state index contributed by atoms with van der Waals surface area (Å²) in [5.74, 6) is 0.535. The van der Waals surface area contributed by atoms with Gasteiger partial charge in [-0.3, -0.25) is 9.59 Å².